The molecular formula is C32H43N7O10. The van der Waals surface area contributed by atoms with Gasteiger partial charge in [0, 0.05) is 51.3 Å². The Morgan fingerprint density at radius 2 is 1.55 bits per heavy atom. The van der Waals surface area contributed by atoms with Gasteiger partial charge in [0.05, 0.1) is 4.92 Å². The van der Waals surface area contributed by atoms with Gasteiger partial charge in [-0.2, -0.15) is 0 Å². The molecule has 0 aliphatic rings. The fraction of sp³-hybridized carbons (Fsp3) is 0.438. The second kappa shape index (κ2) is 19.8. The fourth-order valence-electron chi connectivity index (χ4n) is 4.27. The van der Waals surface area contributed by atoms with Crippen LogP contribution in [0.2, 0.25) is 0 Å². The number of nitro groups is 1. The number of non-ortho nitro benzene ring substituents is 1. The quantitative estimate of drug-likeness (QED) is 0.0505. The molecule has 2 rings (SSSR count). The Labute approximate surface area is 283 Å². The highest BCUT2D eigenvalue weighted by Gasteiger charge is 2.29. The maximum atomic E-state index is 13.3. The standard InChI is InChI=1S/C32H43N7O10/c1-20(2)28(37-26(40)8-5-9-27(41)38(3)4)30(43)36-25(7-6-18-34-31(33)44)29(42)35-22-12-10-21(11-13-22)19-48-32(45)49-24-16-14-23(15-17-24)39(46)47/h10-17,20,25,28H,5-9,18-19H2,1-4H3,(H,35,42)(H,36,43)(H,37,40)(H3,33,34,44)/t25-,28-/m0/s1. The highest BCUT2D eigenvalue weighted by molar-refractivity contribution is 5.98. The molecule has 0 aromatic heterocycles. The molecule has 0 radical (unpaired) electrons. The first kappa shape index (κ1) is 39.4. The number of anilines is 1. The molecule has 0 spiro atoms. The molecule has 0 aliphatic heterocycles. The van der Waals surface area contributed by atoms with E-state index in [4.69, 9.17) is 15.2 Å². The van der Waals surface area contributed by atoms with Gasteiger partial charge in [0.1, 0.15) is 24.4 Å². The molecule has 2 aromatic rings. The van der Waals surface area contributed by atoms with Crippen LogP contribution in [0, 0.1) is 16.0 Å². The lowest BCUT2D eigenvalue weighted by molar-refractivity contribution is -0.384. The minimum Gasteiger partial charge on any atom is -0.429 e. The van der Waals surface area contributed by atoms with Gasteiger partial charge in [0.15, 0.2) is 0 Å². The van der Waals surface area contributed by atoms with Crippen LogP contribution >= 0.6 is 0 Å². The van der Waals surface area contributed by atoms with E-state index in [1.54, 1.807) is 52.2 Å². The smallest absolute Gasteiger partial charge is 0.429 e. The number of nitrogens with two attached hydrogens (primary N) is 1. The SMILES string of the molecule is CC(C)[C@H](NC(=O)CCCC(=O)N(C)C)C(=O)N[C@@H](CCCNC(N)=O)C(=O)Nc1ccc(COC(=O)Oc2ccc([N+](=O)[O-])cc2)cc1. The normalized spacial score (nSPS) is 11.8. The van der Waals surface area contributed by atoms with Crippen LogP contribution in [-0.2, 0) is 30.5 Å². The Kier molecular flexibility index (Phi) is 15.9. The first-order valence-corrected chi connectivity index (χ1v) is 15.5. The van der Waals surface area contributed by atoms with Crippen LogP contribution in [0.15, 0.2) is 48.5 Å². The zero-order valence-electron chi connectivity index (χ0n) is 27.9. The number of hydrogen-bond acceptors (Lipinski definition) is 10. The molecule has 0 bridgehead atoms. The fourth-order valence-corrected chi connectivity index (χ4v) is 4.27. The van der Waals surface area contributed by atoms with Gasteiger partial charge in [-0.05, 0) is 55.0 Å². The first-order valence-electron chi connectivity index (χ1n) is 15.5. The van der Waals surface area contributed by atoms with Crippen LogP contribution < -0.4 is 31.7 Å². The van der Waals surface area contributed by atoms with E-state index in [1.807, 2.05) is 0 Å². The number of rotatable bonds is 18. The number of primary amides is 1. The van der Waals surface area contributed by atoms with Gasteiger partial charge in [-0.25, -0.2) is 9.59 Å². The second-order valence-corrected chi connectivity index (χ2v) is 11.5. The summed E-state index contributed by atoms with van der Waals surface area (Å²) in [5, 5.41) is 21.3. The number of benzene rings is 2. The summed E-state index contributed by atoms with van der Waals surface area (Å²) in [6.45, 7) is 3.48. The van der Waals surface area contributed by atoms with Crippen molar-refractivity contribution in [2.24, 2.45) is 11.7 Å². The van der Waals surface area contributed by atoms with E-state index in [0.717, 1.165) is 0 Å². The molecule has 6 N–H and O–H groups in total. The maximum absolute atomic E-state index is 13.3. The summed E-state index contributed by atoms with van der Waals surface area (Å²) in [7, 11) is 3.25. The van der Waals surface area contributed by atoms with Crippen LogP contribution in [0.1, 0.15) is 51.5 Å². The van der Waals surface area contributed by atoms with E-state index in [-0.39, 0.29) is 55.7 Å². The molecule has 2 aromatic carbocycles. The van der Waals surface area contributed by atoms with Crippen molar-refractivity contribution in [3.63, 3.8) is 0 Å². The largest absolute Gasteiger partial charge is 0.514 e. The van der Waals surface area contributed by atoms with Crippen molar-refractivity contribution in [2.75, 3.05) is 26.0 Å². The molecule has 0 unspecified atom stereocenters. The predicted octanol–water partition coefficient (Wildman–Crippen LogP) is 2.58. The summed E-state index contributed by atoms with van der Waals surface area (Å²) in [6, 6.07) is 8.47. The number of urea groups is 1. The Morgan fingerprint density at radius 3 is 2.12 bits per heavy atom. The highest BCUT2D eigenvalue weighted by Crippen LogP contribution is 2.18. The minimum atomic E-state index is -1.05. The lowest BCUT2D eigenvalue weighted by Crippen LogP contribution is -2.54. The van der Waals surface area contributed by atoms with Gasteiger partial charge < -0.3 is 41.4 Å². The Hall–Kier alpha value is -5.74. The zero-order chi connectivity index (χ0) is 36.5. The highest BCUT2D eigenvalue weighted by atomic mass is 16.7. The van der Waals surface area contributed by atoms with Crippen molar-refractivity contribution in [3.8, 4) is 5.75 Å². The van der Waals surface area contributed by atoms with Crippen molar-refractivity contribution in [3.05, 3.63) is 64.2 Å². The number of nitro benzene ring substituents is 1. The van der Waals surface area contributed by atoms with E-state index in [0.29, 0.717) is 24.1 Å². The van der Waals surface area contributed by atoms with Crippen molar-refractivity contribution < 1.29 is 43.2 Å². The summed E-state index contributed by atoms with van der Waals surface area (Å²) in [5.74, 6) is -1.92. The summed E-state index contributed by atoms with van der Waals surface area (Å²) in [5.41, 5.74) is 5.89. The summed E-state index contributed by atoms with van der Waals surface area (Å²) < 4.78 is 10.1. The first-order chi connectivity index (χ1) is 23.2. The average molecular weight is 686 g/mol. The molecule has 0 fully saturated rings. The molecule has 2 atom stereocenters. The molecule has 49 heavy (non-hydrogen) atoms. The number of nitrogens with one attached hydrogen (secondary N) is 4. The number of hydrogen-bond donors (Lipinski definition) is 5. The van der Waals surface area contributed by atoms with Gasteiger partial charge >= 0.3 is 12.2 Å². The average Bonchev–Trinajstić information content (AvgIpc) is 3.04. The Bertz CT molecular complexity index is 1460. The number of amides is 6. The van der Waals surface area contributed by atoms with Gasteiger partial charge in [0.25, 0.3) is 5.69 Å². The zero-order valence-corrected chi connectivity index (χ0v) is 27.9. The van der Waals surface area contributed by atoms with Gasteiger partial charge in [-0.3, -0.25) is 29.3 Å². The molecule has 0 heterocycles. The Balaban J connectivity index is 1.99. The predicted molar refractivity (Wildman–Crippen MR) is 177 cm³/mol. The molecule has 17 heteroatoms. The van der Waals surface area contributed by atoms with Gasteiger partial charge in [-0.15, -0.1) is 0 Å². The summed E-state index contributed by atoms with van der Waals surface area (Å²) in [6.07, 6.45) is -0.0553. The number of carbonyl (C=O) groups excluding carboxylic acids is 6. The van der Waals surface area contributed by atoms with Crippen LogP contribution in [0.3, 0.4) is 0 Å². The minimum absolute atomic E-state index is 0.0424. The van der Waals surface area contributed by atoms with E-state index in [9.17, 15) is 38.9 Å². The molecule has 0 aliphatic carbocycles. The van der Waals surface area contributed by atoms with Crippen LogP contribution in [0.25, 0.3) is 0 Å². The molecule has 17 nitrogen and oxygen atoms in total. The van der Waals surface area contributed by atoms with Crippen molar-refractivity contribution in [2.45, 2.75) is 64.6 Å². The topological polar surface area (TPSA) is 241 Å². The van der Waals surface area contributed by atoms with E-state index in [2.05, 4.69) is 21.3 Å². The van der Waals surface area contributed by atoms with Crippen molar-refractivity contribution in [1.82, 2.24) is 20.9 Å². The lowest BCUT2D eigenvalue weighted by Gasteiger charge is -2.25. The number of carbonyl (C=O) groups is 6. The molecule has 0 saturated carbocycles. The summed E-state index contributed by atoms with van der Waals surface area (Å²) in [4.78, 5) is 85.7. The third kappa shape index (κ3) is 14.7. The van der Waals surface area contributed by atoms with Gasteiger partial charge in [0.2, 0.25) is 23.6 Å². The monoisotopic (exact) mass is 685 g/mol. The van der Waals surface area contributed by atoms with Crippen molar-refractivity contribution >= 4 is 47.2 Å². The Morgan fingerprint density at radius 1 is 0.898 bits per heavy atom. The van der Waals surface area contributed by atoms with Crippen molar-refractivity contribution in [1.29, 1.82) is 0 Å². The second-order valence-electron chi connectivity index (χ2n) is 11.5. The molecule has 266 valence electrons. The summed E-state index contributed by atoms with van der Waals surface area (Å²) >= 11 is 0. The molecular weight excluding hydrogens is 642 g/mol. The number of ether oxygens (including phenoxy) is 2. The maximum Gasteiger partial charge on any atom is 0.514 e. The van der Waals surface area contributed by atoms with E-state index >= 15 is 0 Å². The van der Waals surface area contributed by atoms with Crippen LogP contribution in [-0.4, -0.2) is 78.4 Å². The van der Waals surface area contributed by atoms with E-state index in [1.165, 1.54) is 29.2 Å². The van der Waals surface area contributed by atoms with Crippen LogP contribution in [0.5, 0.6) is 5.75 Å². The number of nitrogens with zero attached hydrogens (tertiary/aromatic N) is 2. The lowest BCUT2D eigenvalue weighted by atomic mass is 10.0. The molecule has 6 amide bonds. The van der Waals surface area contributed by atoms with E-state index < -0.39 is 46.9 Å². The third-order valence-corrected chi connectivity index (χ3v) is 6.99. The molecule has 0 saturated heterocycles. The van der Waals surface area contributed by atoms with Gasteiger partial charge in [-0.1, -0.05) is 26.0 Å². The van der Waals surface area contributed by atoms with Crippen LogP contribution in [0.4, 0.5) is 21.0 Å². The third-order valence-electron chi connectivity index (χ3n) is 6.99.